The Morgan fingerprint density at radius 2 is 1.76 bits per heavy atom. The maximum atomic E-state index is 9.37. The Kier molecular flexibility index (Phi) is 6.13. The first-order valence-corrected chi connectivity index (χ1v) is 12.0. The summed E-state index contributed by atoms with van der Waals surface area (Å²) in [6.07, 6.45) is 5.60. The van der Waals surface area contributed by atoms with Gasteiger partial charge in [0.05, 0.1) is 6.61 Å². The summed E-state index contributed by atoms with van der Waals surface area (Å²) in [6.45, 7) is 2.93. The smallest absolute Gasteiger partial charge is 0.299 e. The van der Waals surface area contributed by atoms with E-state index in [1.165, 1.54) is 16.6 Å². The van der Waals surface area contributed by atoms with Crippen LogP contribution in [0.4, 0.5) is 6.01 Å². The number of aliphatic hydroxyl groups is 1. The van der Waals surface area contributed by atoms with E-state index in [0.29, 0.717) is 11.7 Å². The van der Waals surface area contributed by atoms with Crippen molar-refractivity contribution in [1.82, 2.24) is 4.98 Å². The molecule has 1 aromatic heterocycles. The van der Waals surface area contributed by atoms with Crippen LogP contribution in [-0.2, 0) is 11.0 Å². The second kappa shape index (κ2) is 8.94. The van der Waals surface area contributed by atoms with Crippen LogP contribution in [0.25, 0.3) is 0 Å². The van der Waals surface area contributed by atoms with Crippen molar-refractivity contribution in [3.05, 3.63) is 72.6 Å². The van der Waals surface area contributed by atoms with Crippen LogP contribution in [0.15, 0.2) is 71.3 Å². The third-order valence-electron chi connectivity index (χ3n) is 5.61. The fraction of sp³-hybridized carbons (Fsp3) is 0.348. The van der Waals surface area contributed by atoms with Gasteiger partial charge in [0.2, 0.25) is 9.04 Å². The summed E-state index contributed by atoms with van der Waals surface area (Å²) in [5.41, 5.74) is 0.145. The lowest BCUT2D eigenvalue weighted by Gasteiger charge is -2.53. The van der Waals surface area contributed by atoms with Crippen molar-refractivity contribution in [2.45, 2.75) is 44.9 Å². The Bertz CT molecular complexity index is 863. The predicted molar refractivity (Wildman–Crippen MR) is 117 cm³/mol. The van der Waals surface area contributed by atoms with E-state index in [1.54, 1.807) is 0 Å². The standard InChI is InChI=1S/C23H28N2O3Si/c1-2-3-14-23(15-16-25(23)22-24-19(17-26)18-27-22)28-29(20-10-6-4-7-11-20)21-12-8-5-9-13-21/h4-13,18,26,29H,2-3,14-17H2,1H3. The fourth-order valence-corrected chi connectivity index (χ4v) is 6.54. The Morgan fingerprint density at radius 3 is 2.24 bits per heavy atom. The van der Waals surface area contributed by atoms with Gasteiger partial charge >= 0.3 is 0 Å². The van der Waals surface area contributed by atoms with E-state index in [4.69, 9.17) is 8.84 Å². The Morgan fingerprint density at radius 1 is 1.10 bits per heavy atom. The van der Waals surface area contributed by atoms with Crippen molar-refractivity contribution >= 4 is 25.4 Å². The molecule has 1 aliphatic rings. The van der Waals surface area contributed by atoms with Crippen LogP contribution in [-0.4, -0.2) is 31.4 Å². The van der Waals surface area contributed by atoms with Gasteiger partial charge in [-0.05, 0) is 23.2 Å². The Hall–Kier alpha value is -2.41. The molecule has 6 heteroatoms. The Balaban J connectivity index is 1.68. The zero-order chi connectivity index (χ0) is 20.1. The maximum absolute atomic E-state index is 9.37. The molecule has 0 spiro atoms. The van der Waals surface area contributed by atoms with Gasteiger partial charge in [0.25, 0.3) is 6.01 Å². The fourth-order valence-electron chi connectivity index (χ4n) is 3.93. The van der Waals surface area contributed by atoms with Crippen molar-refractivity contribution in [3.63, 3.8) is 0 Å². The van der Waals surface area contributed by atoms with E-state index < -0.39 is 14.8 Å². The zero-order valence-electron chi connectivity index (χ0n) is 16.8. The van der Waals surface area contributed by atoms with Crippen LogP contribution >= 0.6 is 0 Å². The minimum atomic E-state index is -1.91. The van der Waals surface area contributed by atoms with Crippen molar-refractivity contribution in [2.24, 2.45) is 0 Å². The van der Waals surface area contributed by atoms with E-state index in [-0.39, 0.29) is 6.61 Å². The molecule has 2 aromatic carbocycles. The average Bonchev–Trinajstić information content (AvgIpc) is 3.23. The molecule has 1 N–H and O–H groups in total. The first-order chi connectivity index (χ1) is 14.3. The molecule has 0 amide bonds. The first kappa shape index (κ1) is 19.9. The lowest BCUT2D eigenvalue weighted by Crippen LogP contribution is -2.66. The van der Waals surface area contributed by atoms with Gasteiger partial charge in [0.1, 0.15) is 17.7 Å². The highest BCUT2D eigenvalue weighted by Gasteiger charge is 2.49. The number of aliphatic hydroxyl groups excluding tert-OH is 1. The largest absolute Gasteiger partial charge is 0.432 e. The highest BCUT2D eigenvalue weighted by Crippen LogP contribution is 2.40. The molecule has 152 valence electrons. The molecule has 1 aliphatic heterocycles. The predicted octanol–water partition coefficient (Wildman–Crippen LogP) is 2.82. The van der Waals surface area contributed by atoms with Gasteiger partial charge in [-0.15, -0.1) is 0 Å². The quantitative estimate of drug-likeness (QED) is 0.552. The molecule has 0 radical (unpaired) electrons. The van der Waals surface area contributed by atoms with Gasteiger partial charge < -0.3 is 13.9 Å². The Labute approximate surface area is 173 Å². The highest BCUT2D eigenvalue weighted by atomic mass is 28.3. The SMILES string of the molecule is CCCCC1(O[SiH](c2ccccc2)c2ccccc2)CCN1c1nc(CO)co1. The number of hydrogen-bond acceptors (Lipinski definition) is 5. The number of oxazole rings is 1. The van der Waals surface area contributed by atoms with Crippen LogP contribution in [0, 0.1) is 0 Å². The van der Waals surface area contributed by atoms with Gasteiger partial charge in [-0.2, -0.15) is 4.98 Å². The van der Waals surface area contributed by atoms with E-state index in [0.717, 1.165) is 32.2 Å². The van der Waals surface area contributed by atoms with Crippen LogP contribution in [0.2, 0.25) is 0 Å². The van der Waals surface area contributed by atoms with Crippen LogP contribution in [0.1, 0.15) is 38.3 Å². The summed E-state index contributed by atoms with van der Waals surface area (Å²) in [6, 6.07) is 21.7. The van der Waals surface area contributed by atoms with Crippen LogP contribution in [0.5, 0.6) is 0 Å². The molecular weight excluding hydrogens is 380 g/mol. The van der Waals surface area contributed by atoms with Gasteiger partial charge in [0, 0.05) is 13.0 Å². The van der Waals surface area contributed by atoms with Crippen molar-refractivity contribution in [2.75, 3.05) is 11.4 Å². The number of hydrogen-bond donors (Lipinski definition) is 1. The monoisotopic (exact) mass is 408 g/mol. The minimum absolute atomic E-state index is 0.119. The molecule has 1 fully saturated rings. The van der Waals surface area contributed by atoms with E-state index in [1.807, 2.05) is 12.1 Å². The first-order valence-electron chi connectivity index (χ1n) is 10.4. The van der Waals surface area contributed by atoms with Crippen LogP contribution < -0.4 is 15.3 Å². The summed E-state index contributed by atoms with van der Waals surface area (Å²) >= 11 is 0. The van der Waals surface area contributed by atoms with E-state index in [2.05, 4.69) is 65.3 Å². The second-order valence-corrected chi connectivity index (χ2v) is 9.88. The molecule has 1 atom stereocenters. The molecular formula is C23H28N2O3Si. The van der Waals surface area contributed by atoms with Crippen molar-refractivity contribution < 1.29 is 13.9 Å². The number of rotatable bonds is 9. The third kappa shape index (κ3) is 4.15. The molecule has 0 saturated carbocycles. The van der Waals surface area contributed by atoms with Crippen molar-refractivity contribution in [3.8, 4) is 0 Å². The number of unbranched alkanes of at least 4 members (excludes halogenated alkanes) is 1. The summed E-state index contributed by atoms with van der Waals surface area (Å²) in [5.74, 6) is 0. The summed E-state index contributed by atoms with van der Waals surface area (Å²) in [5, 5.41) is 11.9. The number of aromatic nitrogens is 1. The minimum Gasteiger partial charge on any atom is -0.432 e. The lowest BCUT2D eigenvalue weighted by molar-refractivity contribution is -0.00369. The summed E-state index contributed by atoms with van der Waals surface area (Å²) in [4.78, 5) is 6.60. The van der Waals surface area contributed by atoms with Gasteiger partial charge in [0.15, 0.2) is 0 Å². The normalized spacial score (nSPS) is 18.8. The molecule has 5 nitrogen and oxygen atoms in total. The van der Waals surface area contributed by atoms with E-state index in [9.17, 15) is 5.11 Å². The van der Waals surface area contributed by atoms with Gasteiger partial charge in [-0.25, -0.2) is 0 Å². The van der Waals surface area contributed by atoms with E-state index >= 15 is 0 Å². The molecule has 1 unspecified atom stereocenters. The molecule has 0 aliphatic carbocycles. The zero-order valence-corrected chi connectivity index (χ0v) is 18.0. The maximum Gasteiger partial charge on any atom is 0.299 e. The average molecular weight is 409 g/mol. The third-order valence-corrected chi connectivity index (χ3v) is 8.27. The van der Waals surface area contributed by atoms with Gasteiger partial charge in [-0.1, -0.05) is 74.0 Å². The molecule has 3 aromatic rings. The topological polar surface area (TPSA) is 58.7 Å². The molecule has 1 saturated heterocycles. The molecule has 29 heavy (non-hydrogen) atoms. The van der Waals surface area contributed by atoms with Crippen LogP contribution in [0.3, 0.4) is 0 Å². The molecule has 2 heterocycles. The van der Waals surface area contributed by atoms with Crippen molar-refractivity contribution in [1.29, 1.82) is 0 Å². The van der Waals surface area contributed by atoms with Gasteiger partial charge in [-0.3, -0.25) is 4.90 Å². The summed E-state index contributed by atoms with van der Waals surface area (Å²) < 4.78 is 12.7. The lowest BCUT2D eigenvalue weighted by atomic mass is 9.93. The second-order valence-electron chi connectivity index (χ2n) is 7.55. The number of nitrogens with zero attached hydrogens (tertiary/aromatic N) is 2. The summed E-state index contributed by atoms with van der Waals surface area (Å²) in [7, 11) is -1.91. The highest BCUT2D eigenvalue weighted by molar-refractivity contribution is 6.80. The number of anilines is 1. The number of benzene rings is 2. The molecule has 0 bridgehead atoms. The molecule has 4 rings (SSSR count).